The maximum Gasteiger partial charge on any atom is 0.411 e. The van der Waals surface area contributed by atoms with Crippen LogP contribution in [0.2, 0.25) is 0 Å². The van der Waals surface area contributed by atoms with E-state index in [1.807, 2.05) is 79.8 Å². The van der Waals surface area contributed by atoms with Crippen LogP contribution in [0.3, 0.4) is 0 Å². The smallest absolute Gasteiger partial charge is 0.411 e. The van der Waals surface area contributed by atoms with Crippen LogP contribution in [0.25, 0.3) is 0 Å². The van der Waals surface area contributed by atoms with Gasteiger partial charge in [-0.3, -0.25) is 15.4 Å². The molecule has 2 aromatic carbocycles. The average Bonchev–Trinajstić information content (AvgIpc) is 3.01. The number of imide groups is 1. The van der Waals surface area contributed by atoms with Crippen LogP contribution in [0.15, 0.2) is 60.7 Å². The third kappa shape index (κ3) is 14.7. The van der Waals surface area contributed by atoms with Crippen molar-refractivity contribution in [3.63, 3.8) is 0 Å². The van der Waals surface area contributed by atoms with Gasteiger partial charge in [0, 0.05) is 6.42 Å². The standard InChI is InChI=1S/C37H56N4O6/c1-27(2)32(26-42)38-23-17-9-7-5-6-8-16-22-31(24-29-18-12-10-13-19-29)37(41-36(46)47,25-30-20-14-11-15-21-30)40-33(28(3)4)34(43)39-35(44)45/h10-15,18-21,26-28,31-33,38,40-41H,5-9,16-17,22-25H2,1-4H3,(H,39,43)(H,44,45)(H,46,47)/t31-,32?,33-,37?/m0/s1. The molecule has 10 heteroatoms. The lowest BCUT2D eigenvalue weighted by Crippen LogP contribution is -2.70. The van der Waals surface area contributed by atoms with Crippen molar-refractivity contribution in [3.8, 4) is 0 Å². The van der Waals surface area contributed by atoms with Crippen LogP contribution in [0.4, 0.5) is 9.59 Å². The molecule has 0 radical (unpaired) electrons. The van der Waals surface area contributed by atoms with Crippen molar-refractivity contribution < 1.29 is 29.4 Å². The van der Waals surface area contributed by atoms with Crippen molar-refractivity contribution >= 4 is 24.4 Å². The number of carbonyl (C=O) groups excluding carboxylic acids is 2. The van der Waals surface area contributed by atoms with Crippen LogP contribution in [-0.4, -0.2) is 58.9 Å². The molecule has 0 aromatic heterocycles. The van der Waals surface area contributed by atoms with Gasteiger partial charge in [-0.2, -0.15) is 0 Å². The molecule has 2 rings (SSSR count). The summed E-state index contributed by atoms with van der Waals surface area (Å²) in [6.07, 6.45) is 7.01. The highest BCUT2D eigenvalue weighted by atomic mass is 16.4. The molecule has 0 spiro atoms. The normalized spacial score (nSPS) is 14.6. The minimum absolute atomic E-state index is 0.0969. The van der Waals surface area contributed by atoms with E-state index in [4.69, 9.17) is 0 Å². The van der Waals surface area contributed by atoms with Gasteiger partial charge in [0.1, 0.15) is 11.9 Å². The lowest BCUT2D eigenvalue weighted by atomic mass is 9.78. The number of hydrogen-bond donors (Lipinski definition) is 6. The molecule has 0 aliphatic heterocycles. The van der Waals surface area contributed by atoms with E-state index in [0.29, 0.717) is 12.8 Å². The number of hydrogen-bond acceptors (Lipinski definition) is 6. The molecular weight excluding hydrogens is 596 g/mol. The van der Waals surface area contributed by atoms with Gasteiger partial charge in [0.05, 0.1) is 12.1 Å². The van der Waals surface area contributed by atoms with E-state index >= 15 is 0 Å². The monoisotopic (exact) mass is 652 g/mol. The molecule has 10 nitrogen and oxygen atoms in total. The van der Waals surface area contributed by atoms with Gasteiger partial charge >= 0.3 is 12.2 Å². The molecule has 0 aliphatic rings. The number of unbranched alkanes of at least 4 members (excludes halogenated alkanes) is 6. The van der Waals surface area contributed by atoms with Crippen molar-refractivity contribution in [2.45, 2.75) is 110 Å². The first-order chi connectivity index (χ1) is 22.5. The van der Waals surface area contributed by atoms with Crippen LogP contribution >= 0.6 is 0 Å². The highest BCUT2D eigenvalue weighted by molar-refractivity contribution is 5.94. The number of nitrogens with one attached hydrogen (secondary N) is 4. The maximum absolute atomic E-state index is 13.1. The molecule has 4 atom stereocenters. The van der Waals surface area contributed by atoms with E-state index in [2.05, 4.69) is 16.0 Å². The second-order valence-corrected chi connectivity index (χ2v) is 13.2. The highest BCUT2D eigenvalue weighted by Gasteiger charge is 2.44. The zero-order valence-electron chi connectivity index (χ0n) is 28.5. The summed E-state index contributed by atoms with van der Waals surface area (Å²) >= 11 is 0. The van der Waals surface area contributed by atoms with Gasteiger partial charge in [-0.25, -0.2) is 9.59 Å². The van der Waals surface area contributed by atoms with E-state index in [9.17, 15) is 29.4 Å². The Labute approximate surface area is 280 Å². The Bertz CT molecular complexity index is 1210. The molecule has 6 N–H and O–H groups in total. The predicted octanol–water partition coefficient (Wildman–Crippen LogP) is 6.39. The van der Waals surface area contributed by atoms with Crippen LogP contribution in [-0.2, 0) is 22.4 Å². The van der Waals surface area contributed by atoms with Gasteiger partial charge in [0.2, 0.25) is 5.91 Å². The summed E-state index contributed by atoms with van der Waals surface area (Å²) in [5, 5.41) is 31.0. The summed E-state index contributed by atoms with van der Waals surface area (Å²) in [4.78, 5) is 48.3. The van der Waals surface area contributed by atoms with Crippen molar-refractivity contribution in [2.24, 2.45) is 17.8 Å². The summed E-state index contributed by atoms with van der Waals surface area (Å²) in [5.41, 5.74) is 0.647. The lowest BCUT2D eigenvalue weighted by Gasteiger charge is -2.45. The fourth-order valence-corrected chi connectivity index (χ4v) is 6.13. The van der Waals surface area contributed by atoms with E-state index in [0.717, 1.165) is 68.9 Å². The Kier molecular flexibility index (Phi) is 17.8. The molecular formula is C37H56N4O6. The van der Waals surface area contributed by atoms with Gasteiger partial charge < -0.3 is 25.6 Å². The second-order valence-electron chi connectivity index (χ2n) is 13.2. The molecule has 260 valence electrons. The van der Waals surface area contributed by atoms with Crippen molar-refractivity contribution in [2.75, 3.05) is 6.54 Å². The molecule has 0 saturated heterocycles. The molecule has 2 aromatic rings. The van der Waals surface area contributed by atoms with Crippen LogP contribution in [0.1, 0.15) is 90.2 Å². The Hall–Kier alpha value is -3.76. The van der Waals surface area contributed by atoms with Crippen LogP contribution in [0, 0.1) is 17.8 Å². The summed E-state index contributed by atoms with van der Waals surface area (Å²) in [7, 11) is 0. The zero-order chi connectivity index (χ0) is 34.7. The summed E-state index contributed by atoms with van der Waals surface area (Å²) in [5.74, 6) is -1.04. The third-order valence-electron chi connectivity index (χ3n) is 8.74. The number of benzene rings is 2. The Morgan fingerprint density at radius 3 is 1.81 bits per heavy atom. The number of carboxylic acid groups (broad SMARTS) is 2. The van der Waals surface area contributed by atoms with E-state index in [1.165, 1.54) is 0 Å². The van der Waals surface area contributed by atoms with E-state index < -0.39 is 29.8 Å². The quantitative estimate of drug-likeness (QED) is 0.0458. The second kappa shape index (κ2) is 21.2. The first kappa shape index (κ1) is 39.4. The van der Waals surface area contributed by atoms with Gasteiger partial charge in [-0.1, -0.05) is 127 Å². The third-order valence-corrected chi connectivity index (χ3v) is 8.74. The summed E-state index contributed by atoms with van der Waals surface area (Å²) < 4.78 is 0. The molecule has 0 aliphatic carbocycles. The zero-order valence-corrected chi connectivity index (χ0v) is 28.5. The maximum atomic E-state index is 13.1. The van der Waals surface area contributed by atoms with E-state index in [1.54, 1.807) is 13.8 Å². The Morgan fingerprint density at radius 1 is 0.745 bits per heavy atom. The summed E-state index contributed by atoms with van der Waals surface area (Å²) in [6.45, 7) is 8.52. The lowest BCUT2D eigenvalue weighted by molar-refractivity contribution is -0.124. The molecule has 47 heavy (non-hydrogen) atoms. The van der Waals surface area contributed by atoms with Crippen molar-refractivity contribution in [3.05, 3.63) is 71.8 Å². The van der Waals surface area contributed by atoms with Crippen molar-refractivity contribution in [1.82, 2.24) is 21.3 Å². The van der Waals surface area contributed by atoms with Gasteiger partial charge in [0.25, 0.3) is 0 Å². The Balaban J connectivity index is 2.25. The predicted molar refractivity (Wildman–Crippen MR) is 185 cm³/mol. The molecule has 0 bridgehead atoms. The topological polar surface area (TPSA) is 157 Å². The largest absolute Gasteiger partial charge is 0.465 e. The number of rotatable bonds is 23. The fourth-order valence-electron chi connectivity index (χ4n) is 6.13. The molecule has 0 saturated carbocycles. The van der Waals surface area contributed by atoms with Crippen LogP contribution in [0.5, 0.6) is 0 Å². The van der Waals surface area contributed by atoms with Gasteiger partial charge in [-0.15, -0.1) is 0 Å². The molecule has 2 unspecified atom stereocenters. The molecule has 3 amide bonds. The molecule has 0 fully saturated rings. The summed E-state index contributed by atoms with van der Waals surface area (Å²) in [6, 6.07) is 18.4. The van der Waals surface area contributed by atoms with Gasteiger partial charge in [0.15, 0.2) is 0 Å². The number of amides is 3. The SMILES string of the molecule is CC(C)C(C=O)NCCCCCCCCC[C@@H](Cc1ccccc1)C(Cc1ccccc1)(NC(=O)O)N[C@H](C(=O)NC(=O)O)C(C)C. The fraction of sp³-hybridized carbons (Fsp3) is 0.568. The number of carbonyl (C=O) groups is 4. The first-order valence-electron chi connectivity index (χ1n) is 17.1. The van der Waals surface area contributed by atoms with Gasteiger partial charge in [-0.05, 0) is 54.7 Å². The first-order valence-corrected chi connectivity index (χ1v) is 17.1. The van der Waals surface area contributed by atoms with Crippen molar-refractivity contribution in [1.29, 1.82) is 0 Å². The van der Waals surface area contributed by atoms with Crippen LogP contribution < -0.4 is 21.3 Å². The average molecular weight is 653 g/mol. The van der Waals surface area contributed by atoms with E-state index in [-0.39, 0.29) is 30.2 Å². The molecule has 0 heterocycles. The number of aldehydes is 1. The minimum Gasteiger partial charge on any atom is -0.465 e. The highest BCUT2D eigenvalue weighted by Crippen LogP contribution is 2.31. The Morgan fingerprint density at radius 2 is 1.30 bits per heavy atom. The minimum atomic E-state index is -1.46.